The Kier molecular flexibility index (Phi) is 7.46. The number of thiophene rings is 1. The molecule has 0 unspecified atom stereocenters. The van der Waals surface area contributed by atoms with Crippen LogP contribution in [-0.4, -0.2) is 35.8 Å². The van der Waals surface area contributed by atoms with Crippen LogP contribution >= 0.6 is 22.9 Å². The van der Waals surface area contributed by atoms with Crippen molar-refractivity contribution in [3.05, 3.63) is 75.1 Å². The van der Waals surface area contributed by atoms with Crippen LogP contribution < -0.4 is 5.32 Å². The van der Waals surface area contributed by atoms with E-state index in [-0.39, 0.29) is 18.0 Å². The smallest absolute Gasteiger partial charge is 0.390 e. The number of hydrogen-bond donors (Lipinski definition) is 2. The molecular formula is C23H23ClF3N3OS. The maximum Gasteiger partial charge on any atom is 0.433 e. The molecule has 9 heteroatoms. The Balaban J connectivity index is 2.15. The van der Waals surface area contributed by atoms with Crippen LogP contribution in [0.25, 0.3) is 5.57 Å². The van der Waals surface area contributed by atoms with Gasteiger partial charge in [0.15, 0.2) is 0 Å². The van der Waals surface area contributed by atoms with E-state index in [9.17, 15) is 18.0 Å². The topological polar surface area (TPSA) is 56.2 Å². The van der Waals surface area contributed by atoms with Gasteiger partial charge >= 0.3 is 6.18 Å². The Labute approximate surface area is 193 Å². The number of carbonyl (C=O) groups is 1. The van der Waals surface area contributed by atoms with Gasteiger partial charge in [0.1, 0.15) is 5.71 Å². The fraction of sp³-hybridized carbons (Fsp3) is 0.304. The summed E-state index contributed by atoms with van der Waals surface area (Å²) in [5, 5.41) is 10.7. The third kappa shape index (κ3) is 5.07. The number of alkyl halides is 3. The van der Waals surface area contributed by atoms with Crippen molar-refractivity contribution >= 4 is 40.1 Å². The molecule has 0 fully saturated rings. The molecule has 2 N–H and O–H groups in total. The molecule has 1 aromatic carbocycles. The number of hydrogen-bond acceptors (Lipinski definition) is 4. The lowest BCUT2D eigenvalue weighted by atomic mass is 9.83. The number of carbonyl (C=O) groups excluding carboxylic acids is 1. The van der Waals surface area contributed by atoms with Crippen molar-refractivity contribution in [1.82, 2.24) is 10.2 Å². The van der Waals surface area contributed by atoms with Crippen molar-refractivity contribution in [1.29, 1.82) is 5.41 Å². The molecule has 170 valence electrons. The standard InChI is InChI=1S/C23H23ClF3N3OS/c1-3-9-29-11-17(22(28)23(25,26)27)14-7-5-6-8-15(14)18-12-30(21(31)4-2)13-19-16(18)10-20(24)32-19/h4-8,10-11,18,28-29H,2-3,9,12-13H2,1H3/b17-11-,28-22?/t18-/m1/s1. The first-order valence-corrected chi connectivity index (χ1v) is 11.2. The van der Waals surface area contributed by atoms with Gasteiger partial charge in [0, 0.05) is 35.7 Å². The molecule has 0 radical (unpaired) electrons. The molecule has 0 spiro atoms. The molecule has 3 rings (SSSR count). The number of nitrogens with one attached hydrogen (secondary N) is 2. The minimum Gasteiger partial charge on any atom is -0.390 e. The summed E-state index contributed by atoms with van der Waals surface area (Å²) in [5.74, 6) is -0.649. The summed E-state index contributed by atoms with van der Waals surface area (Å²) in [6, 6.07) is 8.53. The molecule has 2 heterocycles. The number of allylic oxidation sites excluding steroid dienone is 1. The van der Waals surface area contributed by atoms with Crippen LogP contribution in [0.1, 0.15) is 40.8 Å². The SMILES string of the molecule is C=CC(=O)N1Cc2sc(Cl)cc2[C@@H](c2ccccc2/C(=C/NCCC)C(=N)C(F)(F)F)C1. The Morgan fingerprint density at radius 1 is 1.38 bits per heavy atom. The van der Waals surface area contributed by atoms with Crippen molar-refractivity contribution in [2.24, 2.45) is 0 Å². The average molecular weight is 482 g/mol. The molecule has 32 heavy (non-hydrogen) atoms. The van der Waals surface area contributed by atoms with Gasteiger partial charge < -0.3 is 10.2 Å². The third-order valence-electron chi connectivity index (χ3n) is 5.23. The van der Waals surface area contributed by atoms with Crippen LogP contribution in [-0.2, 0) is 11.3 Å². The van der Waals surface area contributed by atoms with Gasteiger partial charge in [-0.3, -0.25) is 10.2 Å². The zero-order valence-corrected chi connectivity index (χ0v) is 19.0. The van der Waals surface area contributed by atoms with Crippen LogP contribution in [0.5, 0.6) is 0 Å². The minimum absolute atomic E-state index is 0.239. The highest BCUT2D eigenvalue weighted by atomic mass is 35.5. The van der Waals surface area contributed by atoms with Crippen LogP contribution in [0.2, 0.25) is 4.34 Å². The van der Waals surface area contributed by atoms with Crippen molar-refractivity contribution < 1.29 is 18.0 Å². The number of amides is 1. The lowest BCUT2D eigenvalue weighted by Gasteiger charge is -2.33. The van der Waals surface area contributed by atoms with E-state index in [0.717, 1.165) is 16.9 Å². The Hall–Kier alpha value is -2.58. The number of fused-ring (bicyclic) bond motifs is 1. The summed E-state index contributed by atoms with van der Waals surface area (Å²) in [7, 11) is 0. The van der Waals surface area contributed by atoms with Crippen LogP contribution in [0.15, 0.2) is 49.2 Å². The van der Waals surface area contributed by atoms with Gasteiger partial charge in [0.25, 0.3) is 0 Å². The molecule has 1 amide bonds. The van der Waals surface area contributed by atoms with Gasteiger partial charge in [-0.25, -0.2) is 0 Å². The molecule has 0 saturated heterocycles. The lowest BCUT2D eigenvalue weighted by Crippen LogP contribution is -2.37. The maximum absolute atomic E-state index is 13.6. The molecule has 0 bridgehead atoms. The van der Waals surface area contributed by atoms with E-state index in [2.05, 4.69) is 11.9 Å². The highest BCUT2D eigenvalue weighted by Crippen LogP contribution is 2.42. The lowest BCUT2D eigenvalue weighted by molar-refractivity contribution is -0.127. The Morgan fingerprint density at radius 3 is 2.75 bits per heavy atom. The predicted molar refractivity (Wildman–Crippen MR) is 123 cm³/mol. The van der Waals surface area contributed by atoms with E-state index >= 15 is 0 Å². The third-order valence-corrected chi connectivity index (χ3v) is 6.50. The molecule has 1 atom stereocenters. The zero-order valence-electron chi connectivity index (χ0n) is 17.4. The van der Waals surface area contributed by atoms with Gasteiger partial charge in [0.2, 0.25) is 5.91 Å². The van der Waals surface area contributed by atoms with Crippen LogP contribution in [0.3, 0.4) is 0 Å². The number of halogens is 4. The summed E-state index contributed by atoms with van der Waals surface area (Å²) in [6.07, 6.45) is -1.60. The molecule has 4 nitrogen and oxygen atoms in total. The summed E-state index contributed by atoms with van der Waals surface area (Å²) in [5.41, 5.74) is 0.122. The average Bonchev–Trinajstić information content (AvgIpc) is 3.14. The van der Waals surface area contributed by atoms with E-state index in [1.807, 2.05) is 13.0 Å². The van der Waals surface area contributed by atoms with Crippen molar-refractivity contribution in [2.75, 3.05) is 13.1 Å². The zero-order chi connectivity index (χ0) is 23.5. The predicted octanol–water partition coefficient (Wildman–Crippen LogP) is 5.98. The highest BCUT2D eigenvalue weighted by Gasteiger charge is 2.39. The van der Waals surface area contributed by atoms with Gasteiger partial charge in [-0.2, -0.15) is 13.2 Å². The second-order valence-corrected chi connectivity index (χ2v) is 9.14. The van der Waals surface area contributed by atoms with Crippen LogP contribution in [0, 0.1) is 5.41 Å². The van der Waals surface area contributed by atoms with Gasteiger partial charge in [-0.1, -0.05) is 49.4 Å². The number of rotatable bonds is 7. The largest absolute Gasteiger partial charge is 0.433 e. The summed E-state index contributed by atoms with van der Waals surface area (Å²) in [4.78, 5) is 14.9. The molecule has 1 aromatic heterocycles. The molecule has 2 aromatic rings. The Bertz CT molecular complexity index is 1060. The highest BCUT2D eigenvalue weighted by molar-refractivity contribution is 7.16. The first kappa shape index (κ1) is 24.1. The van der Waals surface area contributed by atoms with E-state index in [1.54, 1.807) is 29.2 Å². The monoisotopic (exact) mass is 481 g/mol. The molecule has 1 aliphatic heterocycles. The van der Waals surface area contributed by atoms with Gasteiger partial charge in [-0.05, 0) is 35.3 Å². The molecule has 0 aliphatic carbocycles. The van der Waals surface area contributed by atoms with Crippen molar-refractivity contribution in [2.45, 2.75) is 32.0 Å². The van der Waals surface area contributed by atoms with E-state index < -0.39 is 17.8 Å². The minimum atomic E-state index is -4.80. The van der Waals surface area contributed by atoms with E-state index in [4.69, 9.17) is 17.0 Å². The fourth-order valence-corrected chi connectivity index (χ4v) is 5.11. The quantitative estimate of drug-likeness (QED) is 0.290. The number of benzene rings is 1. The van der Waals surface area contributed by atoms with E-state index in [0.29, 0.717) is 28.6 Å². The van der Waals surface area contributed by atoms with Crippen LogP contribution in [0.4, 0.5) is 13.2 Å². The number of nitrogens with zero attached hydrogens (tertiary/aromatic N) is 1. The van der Waals surface area contributed by atoms with Gasteiger partial charge in [-0.15, -0.1) is 11.3 Å². The van der Waals surface area contributed by atoms with Crippen molar-refractivity contribution in [3.63, 3.8) is 0 Å². The first-order chi connectivity index (χ1) is 15.2. The Morgan fingerprint density at radius 2 is 2.09 bits per heavy atom. The van der Waals surface area contributed by atoms with Crippen molar-refractivity contribution in [3.8, 4) is 0 Å². The maximum atomic E-state index is 13.6. The second-order valence-electron chi connectivity index (χ2n) is 7.38. The summed E-state index contributed by atoms with van der Waals surface area (Å²) >= 11 is 7.60. The van der Waals surface area contributed by atoms with Gasteiger partial charge in [0.05, 0.1) is 10.9 Å². The summed E-state index contributed by atoms with van der Waals surface area (Å²) in [6.45, 7) is 6.57. The van der Waals surface area contributed by atoms with E-state index in [1.165, 1.54) is 23.6 Å². The first-order valence-electron chi connectivity index (χ1n) is 10.1. The molecule has 1 aliphatic rings. The summed E-state index contributed by atoms with van der Waals surface area (Å²) < 4.78 is 41.2. The molecule has 0 saturated carbocycles. The normalized spacial score (nSPS) is 16.5. The second kappa shape index (κ2) is 9.92. The molecular weight excluding hydrogens is 459 g/mol. The fourth-order valence-electron chi connectivity index (χ4n) is 3.75.